The Labute approximate surface area is 131 Å². The highest BCUT2D eigenvalue weighted by Crippen LogP contribution is 2.16. The Morgan fingerprint density at radius 1 is 1.00 bits per heavy atom. The van der Waals surface area contributed by atoms with Gasteiger partial charge in [0, 0.05) is 24.6 Å². The Balaban J connectivity index is 1.62. The summed E-state index contributed by atoms with van der Waals surface area (Å²) in [7, 11) is 0. The zero-order valence-electron chi connectivity index (χ0n) is 12.4. The first-order valence-electron chi connectivity index (χ1n) is 7.41. The van der Waals surface area contributed by atoms with Crippen molar-refractivity contribution < 1.29 is 0 Å². The van der Waals surface area contributed by atoms with Gasteiger partial charge in [0.15, 0.2) is 0 Å². The number of aromatic nitrogens is 2. The van der Waals surface area contributed by atoms with Crippen molar-refractivity contribution in [3.63, 3.8) is 0 Å². The lowest BCUT2D eigenvalue weighted by Gasteiger charge is -2.11. The fraction of sp³-hybridized carbons (Fsp3) is 0.105. The van der Waals surface area contributed by atoms with Crippen LogP contribution in [0.2, 0.25) is 0 Å². The molecule has 110 valence electrons. The monoisotopic (exact) mass is 289 g/mol. The first-order chi connectivity index (χ1) is 10.9. The minimum atomic E-state index is 0.801. The first-order valence-corrected chi connectivity index (χ1v) is 7.41. The van der Waals surface area contributed by atoms with E-state index in [1.54, 1.807) is 6.20 Å². The molecule has 0 fully saturated rings. The van der Waals surface area contributed by atoms with Crippen molar-refractivity contribution in [2.24, 2.45) is 0 Å². The van der Waals surface area contributed by atoms with Crippen molar-refractivity contribution in [3.8, 4) is 0 Å². The van der Waals surface area contributed by atoms with Crippen molar-refractivity contribution in [2.45, 2.75) is 6.54 Å². The Morgan fingerprint density at radius 3 is 2.64 bits per heavy atom. The number of hydrogen-bond acceptors (Lipinski definition) is 2. The molecule has 0 atom stereocenters. The standard InChI is InChI=1S/C19H19N3/c1-2-7-17(8-3-1)9-6-12-21-19-11-5-4-10-18(19)15-22-14-13-20-16-22/h1-11,13-14,16,21H,12,15H2/b9-6+. The maximum absolute atomic E-state index is 4.09. The smallest absolute Gasteiger partial charge is 0.0949 e. The van der Waals surface area contributed by atoms with Crippen LogP contribution in [0, 0.1) is 0 Å². The molecule has 22 heavy (non-hydrogen) atoms. The van der Waals surface area contributed by atoms with Crippen LogP contribution in [0.25, 0.3) is 6.08 Å². The molecule has 0 spiro atoms. The Kier molecular flexibility index (Phi) is 4.67. The van der Waals surface area contributed by atoms with E-state index in [0.717, 1.165) is 18.8 Å². The molecule has 0 saturated heterocycles. The molecule has 0 aliphatic rings. The third kappa shape index (κ3) is 3.85. The van der Waals surface area contributed by atoms with Crippen LogP contribution in [0.3, 0.4) is 0 Å². The number of benzene rings is 2. The molecule has 2 aromatic carbocycles. The molecule has 0 saturated carbocycles. The van der Waals surface area contributed by atoms with Crippen molar-refractivity contribution >= 4 is 11.8 Å². The second kappa shape index (κ2) is 7.27. The van der Waals surface area contributed by atoms with Crippen LogP contribution in [-0.4, -0.2) is 16.1 Å². The molecule has 3 aromatic rings. The van der Waals surface area contributed by atoms with Crippen LogP contribution < -0.4 is 5.32 Å². The fourth-order valence-corrected chi connectivity index (χ4v) is 2.34. The van der Waals surface area contributed by atoms with E-state index in [1.807, 2.05) is 30.7 Å². The van der Waals surface area contributed by atoms with Gasteiger partial charge < -0.3 is 9.88 Å². The summed E-state index contributed by atoms with van der Waals surface area (Å²) < 4.78 is 2.07. The van der Waals surface area contributed by atoms with Crippen LogP contribution in [-0.2, 0) is 6.54 Å². The molecule has 3 nitrogen and oxygen atoms in total. The van der Waals surface area contributed by atoms with Crippen LogP contribution >= 0.6 is 0 Å². The molecule has 0 radical (unpaired) electrons. The Hall–Kier alpha value is -2.81. The fourth-order valence-electron chi connectivity index (χ4n) is 2.34. The van der Waals surface area contributed by atoms with E-state index in [9.17, 15) is 0 Å². The largest absolute Gasteiger partial charge is 0.381 e. The molecule has 1 aromatic heterocycles. The number of imidazole rings is 1. The summed E-state index contributed by atoms with van der Waals surface area (Å²) in [4.78, 5) is 4.09. The Bertz CT molecular complexity index is 715. The average molecular weight is 289 g/mol. The van der Waals surface area contributed by atoms with Gasteiger partial charge >= 0.3 is 0 Å². The Morgan fingerprint density at radius 2 is 1.82 bits per heavy atom. The molecule has 3 heteroatoms. The van der Waals surface area contributed by atoms with Crippen molar-refractivity contribution in [1.29, 1.82) is 0 Å². The molecule has 1 N–H and O–H groups in total. The van der Waals surface area contributed by atoms with E-state index >= 15 is 0 Å². The van der Waals surface area contributed by atoms with Crippen LogP contribution in [0.1, 0.15) is 11.1 Å². The van der Waals surface area contributed by atoms with Gasteiger partial charge in [-0.25, -0.2) is 4.98 Å². The van der Waals surface area contributed by atoms with E-state index in [0.29, 0.717) is 0 Å². The number of rotatable bonds is 6. The highest BCUT2D eigenvalue weighted by molar-refractivity contribution is 5.54. The molecule has 0 bridgehead atoms. The van der Waals surface area contributed by atoms with Gasteiger partial charge in [0.1, 0.15) is 0 Å². The summed E-state index contributed by atoms with van der Waals surface area (Å²) in [5.74, 6) is 0. The molecular weight excluding hydrogens is 270 g/mol. The summed E-state index contributed by atoms with van der Waals surface area (Å²) >= 11 is 0. The van der Waals surface area contributed by atoms with Gasteiger partial charge in [0.05, 0.1) is 12.9 Å². The second-order valence-electron chi connectivity index (χ2n) is 5.09. The molecule has 3 rings (SSSR count). The molecule has 0 unspecified atom stereocenters. The predicted octanol–water partition coefficient (Wildman–Crippen LogP) is 4.06. The van der Waals surface area contributed by atoms with E-state index in [1.165, 1.54) is 11.1 Å². The lowest BCUT2D eigenvalue weighted by atomic mass is 10.1. The molecular formula is C19H19N3. The van der Waals surface area contributed by atoms with E-state index < -0.39 is 0 Å². The maximum atomic E-state index is 4.09. The van der Waals surface area contributed by atoms with Gasteiger partial charge in [0.2, 0.25) is 0 Å². The first kappa shape index (κ1) is 14.1. The van der Waals surface area contributed by atoms with E-state index in [4.69, 9.17) is 0 Å². The zero-order valence-corrected chi connectivity index (χ0v) is 12.4. The second-order valence-corrected chi connectivity index (χ2v) is 5.09. The molecule has 1 heterocycles. The normalized spacial score (nSPS) is 10.9. The topological polar surface area (TPSA) is 29.9 Å². The summed E-state index contributed by atoms with van der Waals surface area (Å²) in [5.41, 5.74) is 3.64. The molecule has 0 aliphatic heterocycles. The number of anilines is 1. The minimum Gasteiger partial charge on any atom is -0.381 e. The maximum Gasteiger partial charge on any atom is 0.0949 e. The third-order valence-electron chi connectivity index (χ3n) is 3.45. The number of hydrogen-bond donors (Lipinski definition) is 1. The lowest BCUT2D eigenvalue weighted by molar-refractivity contribution is 0.798. The van der Waals surface area contributed by atoms with Gasteiger partial charge in [-0.05, 0) is 17.2 Å². The number of nitrogens with zero attached hydrogens (tertiary/aromatic N) is 2. The summed E-state index contributed by atoms with van der Waals surface area (Å²) in [6.07, 6.45) is 9.89. The van der Waals surface area contributed by atoms with Gasteiger partial charge in [-0.3, -0.25) is 0 Å². The predicted molar refractivity (Wildman–Crippen MR) is 91.7 cm³/mol. The molecule has 0 amide bonds. The van der Waals surface area contributed by atoms with E-state index in [2.05, 4.69) is 63.4 Å². The quantitative estimate of drug-likeness (QED) is 0.741. The van der Waals surface area contributed by atoms with Gasteiger partial charge in [-0.2, -0.15) is 0 Å². The van der Waals surface area contributed by atoms with Crippen LogP contribution in [0.15, 0.2) is 79.4 Å². The summed E-state index contributed by atoms with van der Waals surface area (Å²) in [5, 5.41) is 3.48. The molecule has 0 aliphatic carbocycles. The summed E-state index contributed by atoms with van der Waals surface area (Å²) in [6.45, 7) is 1.63. The van der Waals surface area contributed by atoms with Crippen molar-refractivity contribution in [3.05, 3.63) is 90.5 Å². The van der Waals surface area contributed by atoms with Crippen molar-refractivity contribution in [1.82, 2.24) is 9.55 Å². The third-order valence-corrected chi connectivity index (χ3v) is 3.45. The lowest BCUT2D eigenvalue weighted by Crippen LogP contribution is -2.04. The summed E-state index contributed by atoms with van der Waals surface area (Å²) in [6, 6.07) is 18.7. The average Bonchev–Trinajstić information content (AvgIpc) is 3.07. The van der Waals surface area contributed by atoms with Gasteiger partial charge in [-0.15, -0.1) is 0 Å². The highest BCUT2D eigenvalue weighted by atomic mass is 15.0. The zero-order chi connectivity index (χ0) is 15.0. The van der Waals surface area contributed by atoms with Gasteiger partial charge in [-0.1, -0.05) is 60.7 Å². The van der Waals surface area contributed by atoms with E-state index in [-0.39, 0.29) is 0 Å². The van der Waals surface area contributed by atoms with Crippen molar-refractivity contribution in [2.75, 3.05) is 11.9 Å². The highest BCUT2D eigenvalue weighted by Gasteiger charge is 2.01. The van der Waals surface area contributed by atoms with Gasteiger partial charge in [0.25, 0.3) is 0 Å². The number of para-hydroxylation sites is 1. The van der Waals surface area contributed by atoms with Crippen LogP contribution in [0.4, 0.5) is 5.69 Å². The van der Waals surface area contributed by atoms with Crippen LogP contribution in [0.5, 0.6) is 0 Å². The number of nitrogens with one attached hydrogen (secondary N) is 1. The SMILES string of the molecule is C(=C\c1ccccc1)/CNc1ccccc1Cn1ccnc1. The minimum absolute atomic E-state index is 0.801.